The number of hydrogen-bond acceptors (Lipinski definition) is 3. The molecule has 12 heavy (non-hydrogen) atoms. The molecule has 3 nitrogen and oxygen atoms in total. The van der Waals surface area contributed by atoms with E-state index in [0.29, 0.717) is 0 Å². The van der Waals surface area contributed by atoms with E-state index in [1.165, 1.54) is 0 Å². The first-order valence-corrected chi connectivity index (χ1v) is 4.32. The summed E-state index contributed by atoms with van der Waals surface area (Å²) in [6, 6.07) is 1.96. The van der Waals surface area contributed by atoms with Crippen LogP contribution in [0.4, 0.5) is 0 Å². The smallest absolute Gasteiger partial charge is 0.125 e. The SMILES string of the molecule is CCNCCc1ccnc(C)n1. The Morgan fingerprint density at radius 3 is 3.00 bits per heavy atom. The number of aromatic nitrogens is 2. The van der Waals surface area contributed by atoms with Crippen LogP contribution >= 0.6 is 0 Å². The molecule has 1 N–H and O–H groups in total. The van der Waals surface area contributed by atoms with Gasteiger partial charge in [-0.05, 0) is 19.5 Å². The van der Waals surface area contributed by atoms with E-state index < -0.39 is 0 Å². The molecule has 0 aromatic carbocycles. The minimum atomic E-state index is 0.851. The van der Waals surface area contributed by atoms with E-state index >= 15 is 0 Å². The van der Waals surface area contributed by atoms with E-state index in [0.717, 1.165) is 31.0 Å². The second kappa shape index (κ2) is 4.83. The summed E-state index contributed by atoms with van der Waals surface area (Å²) in [5, 5.41) is 3.26. The van der Waals surface area contributed by atoms with Crippen LogP contribution in [0.25, 0.3) is 0 Å². The molecule has 0 unspecified atom stereocenters. The summed E-state index contributed by atoms with van der Waals surface area (Å²) in [6.07, 6.45) is 2.79. The number of rotatable bonds is 4. The maximum atomic E-state index is 4.29. The molecule has 1 heterocycles. The van der Waals surface area contributed by atoms with Gasteiger partial charge in [-0.15, -0.1) is 0 Å². The Balaban J connectivity index is 2.41. The van der Waals surface area contributed by atoms with Crippen molar-refractivity contribution in [2.24, 2.45) is 0 Å². The van der Waals surface area contributed by atoms with Gasteiger partial charge >= 0.3 is 0 Å². The van der Waals surface area contributed by atoms with Crippen LogP contribution in [0.3, 0.4) is 0 Å². The van der Waals surface area contributed by atoms with Crippen molar-refractivity contribution in [2.75, 3.05) is 13.1 Å². The van der Waals surface area contributed by atoms with Crippen LogP contribution in [-0.2, 0) is 6.42 Å². The largest absolute Gasteiger partial charge is 0.317 e. The minimum absolute atomic E-state index is 0.851. The first-order chi connectivity index (χ1) is 5.83. The normalized spacial score (nSPS) is 10.2. The van der Waals surface area contributed by atoms with Crippen molar-refractivity contribution in [1.29, 1.82) is 0 Å². The fourth-order valence-corrected chi connectivity index (χ4v) is 1.04. The third-order valence-electron chi connectivity index (χ3n) is 1.64. The summed E-state index contributed by atoms with van der Waals surface area (Å²) in [5.41, 5.74) is 1.11. The monoisotopic (exact) mass is 165 g/mol. The maximum Gasteiger partial charge on any atom is 0.125 e. The highest BCUT2D eigenvalue weighted by atomic mass is 14.9. The van der Waals surface area contributed by atoms with Crippen molar-refractivity contribution in [3.8, 4) is 0 Å². The predicted molar refractivity (Wildman–Crippen MR) is 49.0 cm³/mol. The zero-order valence-electron chi connectivity index (χ0n) is 7.67. The van der Waals surface area contributed by atoms with Crippen LogP contribution in [0.1, 0.15) is 18.4 Å². The van der Waals surface area contributed by atoms with Crippen molar-refractivity contribution in [3.63, 3.8) is 0 Å². The fraction of sp³-hybridized carbons (Fsp3) is 0.556. The molecule has 1 rings (SSSR count). The van der Waals surface area contributed by atoms with Gasteiger partial charge in [0.1, 0.15) is 5.82 Å². The number of aryl methyl sites for hydroxylation is 1. The Hall–Kier alpha value is -0.960. The minimum Gasteiger partial charge on any atom is -0.317 e. The lowest BCUT2D eigenvalue weighted by Crippen LogP contribution is -2.16. The highest BCUT2D eigenvalue weighted by molar-refractivity contribution is 5.01. The van der Waals surface area contributed by atoms with Crippen LogP contribution in [0.15, 0.2) is 12.3 Å². The van der Waals surface area contributed by atoms with Gasteiger partial charge in [-0.25, -0.2) is 9.97 Å². The number of nitrogens with zero attached hydrogens (tertiary/aromatic N) is 2. The highest BCUT2D eigenvalue weighted by Crippen LogP contribution is 1.94. The molecule has 66 valence electrons. The zero-order chi connectivity index (χ0) is 8.81. The molecule has 0 bridgehead atoms. The quantitative estimate of drug-likeness (QED) is 0.675. The summed E-state index contributed by atoms with van der Waals surface area (Å²) >= 11 is 0. The molecule has 3 heteroatoms. The number of likely N-dealkylation sites (N-methyl/N-ethyl adjacent to an activating group) is 1. The van der Waals surface area contributed by atoms with Gasteiger partial charge < -0.3 is 5.32 Å². The summed E-state index contributed by atoms with van der Waals surface area (Å²) in [6.45, 7) is 6.03. The third kappa shape index (κ3) is 2.96. The van der Waals surface area contributed by atoms with E-state index in [-0.39, 0.29) is 0 Å². The highest BCUT2D eigenvalue weighted by Gasteiger charge is 1.93. The van der Waals surface area contributed by atoms with Crippen molar-refractivity contribution >= 4 is 0 Å². The Bertz CT molecular complexity index is 235. The molecule has 0 amide bonds. The van der Waals surface area contributed by atoms with Crippen molar-refractivity contribution < 1.29 is 0 Å². The molecule has 0 spiro atoms. The standard InChI is InChI=1S/C9H15N3/c1-3-10-6-4-9-5-7-11-8(2)12-9/h5,7,10H,3-4,6H2,1-2H3. The van der Waals surface area contributed by atoms with E-state index in [9.17, 15) is 0 Å². The summed E-state index contributed by atoms with van der Waals surface area (Å²) in [7, 11) is 0. The Kier molecular flexibility index (Phi) is 3.67. The van der Waals surface area contributed by atoms with E-state index in [1.54, 1.807) is 0 Å². The Labute approximate surface area is 73.2 Å². The Morgan fingerprint density at radius 1 is 1.50 bits per heavy atom. The molecular formula is C9H15N3. The molecule has 0 atom stereocenters. The topological polar surface area (TPSA) is 37.8 Å². The first-order valence-electron chi connectivity index (χ1n) is 4.32. The predicted octanol–water partition coefficient (Wildman–Crippen LogP) is 0.937. The maximum absolute atomic E-state index is 4.29. The van der Waals surface area contributed by atoms with Gasteiger partial charge in [0.2, 0.25) is 0 Å². The third-order valence-corrected chi connectivity index (χ3v) is 1.64. The molecule has 0 saturated carbocycles. The second-order valence-electron chi connectivity index (χ2n) is 2.70. The summed E-state index contributed by atoms with van der Waals surface area (Å²) in [4.78, 5) is 8.33. The molecule has 0 aliphatic carbocycles. The second-order valence-corrected chi connectivity index (χ2v) is 2.70. The van der Waals surface area contributed by atoms with E-state index in [1.807, 2.05) is 19.2 Å². The average molecular weight is 165 g/mol. The van der Waals surface area contributed by atoms with Crippen LogP contribution in [0.5, 0.6) is 0 Å². The van der Waals surface area contributed by atoms with Crippen molar-refractivity contribution in [2.45, 2.75) is 20.3 Å². The fourth-order valence-electron chi connectivity index (χ4n) is 1.04. The van der Waals surface area contributed by atoms with Crippen LogP contribution in [0, 0.1) is 6.92 Å². The van der Waals surface area contributed by atoms with Gasteiger partial charge in [-0.2, -0.15) is 0 Å². The summed E-state index contributed by atoms with van der Waals surface area (Å²) < 4.78 is 0. The Morgan fingerprint density at radius 2 is 2.33 bits per heavy atom. The summed E-state index contributed by atoms with van der Waals surface area (Å²) in [5.74, 6) is 0.851. The molecule has 1 aromatic rings. The molecule has 0 fully saturated rings. The van der Waals surface area contributed by atoms with Crippen molar-refractivity contribution in [1.82, 2.24) is 15.3 Å². The zero-order valence-corrected chi connectivity index (χ0v) is 7.67. The number of hydrogen-bond donors (Lipinski definition) is 1. The van der Waals surface area contributed by atoms with Crippen LogP contribution in [-0.4, -0.2) is 23.1 Å². The van der Waals surface area contributed by atoms with Gasteiger partial charge in [0, 0.05) is 24.9 Å². The van der Waals surface area contributed by atoms with Gasteiger partial charge in [0.15, 0.2) is 0 Å². The average Bonchev–Trinajstić information content (AvgIpc) is 2.05. The lowest BCUT2D eigenvalue weighted by Gasteiger charge is -2.01. The first kappa shape index (κ1) is 9.13. The van der Waals surface area contributed by atoms with Gasteiger partial charge in [-0.1, -0.05) is 6.92 Å². The number of nitrogens with one attached hydrogen (secondary N) is 1. The van der Waals surface area contributed by atoms with Gasteiger partial charge in [0.25, 0.3) is 0 Å². The lowest BCUT2D eigenvalue weighted by molar-refractivity contribution is 0.704. The van der Waals surface area contributed by atoms with E-state index in [2.05, 4.69) is 22.2 Å². The lowest BCUT2D eigenvalue weighted by atomic mass is 10.3. The van der Waals surface area contributed by atoms with E-state index in [4.69, 9.17) is 0 Å². The van der Waals surface area contributed by atoms with Crippen molar-refractivity contribution in [3.05, 3.63) is 23.8 Å². The molecule has 0 aliphatic rings. The van der Waals surface area contributed by atoms with Gasteiger partial charge in [-0.3, -0.25) is 0 Å². The van der Waals surface area contributed by atoms with Crippen LogP contribution < -0.4 is 5.32 Å². The molecule has 0 radical (unpaired) electrons. The molecule has 1 aromatic heterocycles. The molecule has 0 aliphatic heterocycles. The van der Waals surface area contributed by atoms with Crippen LogP contribution in [0.2, 0.25) is 0 Å². The van der Waals surface area contributed by atoms with Gasteiger partial charge in [0.05, 0.1) is 0 Å². The molecule has 0 saturated heterocycles. The molecular weight excluding hydrogens is 150 g/mol.